The summed E-state index contributed by atoms with van der Waals surface area (Å²) in [7, 11) is 0. The van der Waals surface area contributed by atoms with Gasteiger partial charge in [-0.25, -0.2) is 4.39 Å². The molecule has 1 atom stereocenters. The minimum Gasteiger partial charge on any atom is -0.339 e. The lowest BCUT2D eigenvalue weighted by Gasteiger charge is -2.06. The largest absolute Gasteiger partial charge is 0.339 e. The molecular weight excluding hydrogens is 293 g/mol. The average Bonchev–Trinajstić information content (AvgIpc) is 3.07. The van der Waals surface area contributed by atoms with Gasteiger partial charge in [0.05, 0.1) is 0 Å². The van der Waals surface area contributed by atoms with Gasteiger partial charge in [-0.05, 0) is 43.5 Å². The quantitative estimate of drug-likeness (QED) is 0.922. The van der Waals surface area contributed by atoms with Crippen molar-refractivity contribution in [3.05, 3.63) is 47.4 Å². The molecule has 1 unspecified atom stereocenters. The molecule has 0 radical (unpaired) electrons. The van der Waals surface area contributed by atoms with Crippen LogP contribution in [0.3, 0.4) is 0 Å². The van der Waals surface area contributed by atoms with Gasteiger partial charge >= 0.3 is 0 Å². The van der Waals surface area contributed by atoms with Crippen molar-refractivity contribution in [2.45, 2.75) is 38.1 Å². The van der Waals surface area contributed by atoms with E-state index in [4.69, 9.17) is 4.52 Å². The van der Waals surface area contributed by atoms with Crippen molar-refractivity contribution in [3.63, 3.8) is 0 Å². The van der Waals surface area contributed by atoms with Crippen LogP contribution in [0.15, 0.2) is 28.8 Å². The summed E-state index contributed by atoms with van der Waals surface area (Å²) < 4.78 is 18.3. The fourth-order valence-electron chi connectivity index (χ4n) is 2.59. The lowest BCUT2D eigenvalue weighted by Crippen LogP contribution is -2.21. The van der Waals surface area contributed by atoms with Crippen LogP contribution in [0.25, 0.3) is 0 Å². The number of hydrogen-bond acceptors (Lipinski definition) is 4. The summed E-state index contributed by atoms with van der Waals surface area (Å²) in [6.07, 6.45) is 4.81. The molecule has 1 saturated heterocycles. The van der Waals surface area contributed by atoms with Gasteiger partial charge in [0.2, 0.25) is 5.89 Å². The van der Waals surface area contributed by atoms with E-state index in [-0.39, 0.29) is 18.2 Å². The van der Waals surface area contributed by atoms with Crippen LogP contribution in [0.5, 0.6) is 0 Å². The number of benzene rings is 1. The normalized spacial score (nSPS) is 17.7. The van der Waals surface area contributed by atoms with Gasteiger partial charge in [0.15, 0.2) is 5.82 Å². The first-order chi connectivity index (χ1) is 9.79. The predicted molar refractivity (Wildman–Crippen MR) is 80.1 cm³/mol. The molecule has 0 spiro atoms. The van der Waals surface area contributed by atoms with Crippen molar-refractivity contribution in [2.24, 2.45) is 0 Å². The monoisotopic (exact) mass is 311 g/mol. The van der Waals surface area contributed by atoms with Crippen molar-refractivity contribution < 1.29 is 8.91 Å². The summed E-state index contributed by atoms with van der Waals surface area (Å²) in [6.45, 7) is 1.11. The summed E-state index contributed by atoms with van der Waals surface area (Å²) >= 11 is 0. The first-order valence-electron chi connectivity index (χ1n) is 7.09. The van der Waals surface area contributed by atoms with Gasteiger partial charge in [0.25, 0.3) is 0 Å². The third kappa shape index (κ3) is 4.51. The van der Waals surface area contributed by atoms with Crippen LogP contribution in [0.4, 0.5) is 4.39 Å². The van der Waals surface area contributed by atoms with E-state index in [1.54, 1.807) is 6.07 Å². The van der Waals surface area contributed by atoms with E-state index >= 15 is 0 Å². The van der Waals surface area contributed by atoms with Gasteiger partial charge in [-0.2, -0.15) is 4.98 Å². The van der Waals surface area contributed by atoms with Crippen LogP contribution >= 0.6 is 12.4 Å². The fraction of sp³-hybridized carbons (Fsp3) is 0.467. The summed E-state index contributed by atoms with van der Waals surface area (Å²) in [6, 6.07) is 7.06. The summed E-state index contributed by atoms with van der Waals surface area (Å²) in [5.74, 6) is 1.05. The first kappa shape index (κ1) is 15.9. The minimum atomic E-state index is -0.237. The van der Waals surface area contributed by atoms with Crippen LogP contribution in [0.1, 0.15) is 36.5 Å². The molecule has 114 valence electrons. The Bertz CT molecular complexity index is 570. The van der Waals surface area contributed by atoms with Gasteiger partial charge in [0, 0.05) is 18.9 Å². The molecule has 4 nitrogen and oxygen atoms in total. The molecular formula is C15H19ClFN3O. The highest BCUT2D eigenvalue weighted by atomic mass is 35.5. The Morgan fingerprint density at radius 1 is 1.38 bits per heavy atom. The van der Waals surface area contributed by atoms with E-state index in [1.807, 2.05) is 6.07 Å². The lowest BCUT2D eigenvalue weighted by atomic mass is 10.1. The van der Waals surface area contributed by atoms with E-state index in [2.05, 4.69) is 15.5 Å². The second-order valence-corrected chi connectivity index (χ2v) is 5.24. The maximum atomic E-state index is 13.1. The Morgan fingerprint density at radius 2 is 2.29 bits per heavy atom. The Balaban J connectivity index is 0.00000161. The van der Waals surface area contributed by atoms with E-state index in [0.717, 1.165) is 24.9 Å². The Kier molecular flexibility index (Phi) is 5.70. The number of aromatic nitrogens is 2. The standard InChI is InChI=1S/C15H18FN3O.ClH/c16-12-4-1-3-11(9-12)10-14-18-15(20-19-14)7-6-13-5-2-8-17-13;/h1,3-4,9,13,17H,2,5-8,10H2;1H. The number of rotatable bonds is 5. The maximum Gasteiger partial charge on any atom is 0.226 e. The van der Waals surface area contributed by atoms with E-state index in [9.17, 15) is 4.39 Å². The lowest BCUT2D eigenvalue weighted by molar-refractivity contribution is 0.364. The van der Waals surface area contributed by atoms with Crippen LogP contribution in [-0.2, 0) is 12.8 Å². The molecule has 1 aliphatic rings. The highest BCUT2D eigenvalue weighted by Crippen LogP contribution is 2.13. The van der Waals surface area contributed by atoms with Crippen molar-refractivity contribution >= 4 is 12.4 Å². The molecule has 0 bridgehead atoms. The van der Waals surface area contributed by atoms with Gasteiger partial charge in [-0.1, -0.05) is 17.3 Å². The van der Waals surface area contributed by atoms with Gasteiger partial charge in [-0.15, -0.1) is 12.4 Å². The van der Waals surface area contributed by atoms with E-state index in [0.29, 0.717) is 24.2 Å². The van der Waals surface area contributed by atoms with Crippen molar-refractivity contribution in [3.8, 4) is 0 Å². The van der Waals surface area contributed by atoms with Crippen molar-refractivity contribution in [1.82, 2.24) is 15.5 Å². The maximum absolute atomic E-state index is 13.1. The number of halogens is 2. The molecule has 21 heavy (non-hydrogen) atoms. The third-order valence-corrected chi connectivity index (χ3v) is 3.63. The predicted octanol–water partition coefficient (Wildman–Crippen LogP) is 2.91. The van der Waals surface area contributed by atoms with Gasteiger partial charge < -0.3 is 9.84 Å². The van der Waals surface area contributed by atoms with E-state index in [1.165, 1.54) is 25.0 Å². The van der Waals surface area contributed by atoms with Crippen LogP contribution in [-0.4, -0.2) is 22.7 Å². The van der Waals surface area contributed by atoms with E-state index < -0.39 is 0 Å². The molecule has 1 N–H and O–H groups in total. The fourth-order valence-corrected chi connectivity index (χ4v) is 2.59. The molecule has 0 saturated carbocycles. The second kappa shape index (κ2) is 7.52. The zero-order chi connectivity index (χ0) is 13.8. The van der Waals surface area contributed by atoms with Crippen molar-refractivity contribution in [1.29, 1.82) is 0 Å². The smallest absolute Gasteiger partial charge is 0.226 e. The molecule has 3 rings (SSSR count). The second-order valence-electron chi connectivity index (χ2n) is 5.24. The zero-order valence-electron chi connectivity index (χ0n) is 11.7. The number of hydrogen-bond donors (Lipinski definition) is 1. The zero-order valence-corrected chi connectivity index (χ0v) is 12.5. The Hall–Kier alpha value is -1.46. The highest BCUT2D eigenvalue weighted by molar-refractivity contribution is 5.85. The Morgan fingerprint density at radius 3 is 3.05 bits per heavy atom. The SMILES string of the molecule is Cl.Fc1cccc(Cc2noc(CCC3CCCN3)n2)c1. The summed E-state index contributed by atoms with van der Waals surface area (Å²) in [5.41, 5.74) is 0.856. The van der Waals surface area contributed by atoms with Crippen LogP contribution in [0.2, 0.25) is 0 Å². The summed E-state index contributed by atoms with van der Waals surface area (Å²) in [4.78, 5) is 4.37. The highest BCUT2D eigenvalue weighted by Gasteiger charge is 2.15. The molecule has 1 aromatic carbocycles. The van der Waals surface area contributed by atoms with Crippen molar-refractivity contribution in [2.75, 3.05) is 6.54 Å². The van der Waals surface area contributed by atoms with Crippen LogP contribution < -0.4 is 5.32 Å². The van der Waals surface area contributed by atoms with Gasteiger partial charge in [-0.3, -0.25) is 0 Å². The Labute approximate surface area is 129 Å². The third-order valence-electron chi connectivity index (χ3n) is 3.63. The molecule has 0 aliphatic carbocycles. The molecule has 1 aliphatic heterocycles. The first-order valence-corrected chi connectivity index (χ1v) is 7.09. The number of aryl methyl sites for hydroxylation is 1. The molecule has 2 heterocycles. The summed E-state index contributed by atoms with van der Waals surface area (Å²) in [5, 5.41) is 7.41. The molecule has 1 aromatic heterocycles. The number of nitrogens with one attached hydrogen (secondary N) is 1. The topological polar surface area (TPSA) is 51.0 Å². The molecule has 2 aromatic rings. The van der Waals surface area contributed by atoms with Crippen LogP contribution in [0, 0.1) is 5.82 Å². The molecule has 1 fully saturated rings. The number of nitrogens with zero attached hydrogens (tertiary/aromatic N) is 2. The molecule has 6 heteroatoms. The molecule has 0 amide bonds. The minimum absolute atomic E-state index is 0. The van der Waals surface area contributed by atoms with Gasteiger partial charge in [0.1, 0.15) is 5.82 Å². The average molecular weight is 312 g/mol.